The third-order valence-corrected chi connectivity index (χ3v) is 2.72. The standard InChI is InChI=1S/C13H18N2O2/c1-9-5-6-14-11-8-15(7-10(9)11)12(16)17-13(2,3)4/h5-6H,7-8H2,1-4H3. The molecule has 1 aliphatic heterocycles. The van der Waals surface area contributed by atoms with Crippen LogP contribution in [0.4, 0.5) is 4.79 Å². The lowest BCUT2D eigenvalue weighted by molar-refractivity contribution is 0.0240. The zero-order valence-corrected chi connectivity index (χ0v) is 10.8. The summed E-state index contributed by atoms with van der Waals surface area (Å²) in [6.45, 7) is 8.81. The summed E-state index contributed by atoms with van der Waals surface area (Å²) in [4.78, 5) is 17.9. The minimum Gasteiger partial charge on any atom is -0.444 e. The smallest absolute Gasteiger partial charge is 0.410 e. The predicted molar refractivity (Wildman–Crippen MR) is 64.5 cm³/mol. The van der Waals surface area contributed by atoms with Crippen LogP contribution in [0, 0.1) is 6.92 Å². The van der Waals surface area contributed by atoms with E-state index in [1.807, 2.05) is 33.8 Å². The van der Waals surface area contributed by atoms with Crippen molar-refractivity contribution in [2.75, 3.05) is 0 Å². The SMILES string of the molecule is Cc1ccnc2c1CN(C(=O)OC(C)(C)C)C2. The van der Waals surface area contributed by atoms with Gasteiger partial charge in [0.15, 0.2) is 0 Å². The van der Waals surface area contributed by atoms with Crippen LogP contribution in [0.1, 0.15) is 37.6 Å². The maximum atomic E-state index is 11.9. The molecule has 0 saturated carbocycles. The average molecular weight is 234 g/mol. The number of fused-ring (bicyclic) bond motifs is 1. The summed E-state index contributed by atoms with van der Waals surface area (Å²) in [5.41, 5.74) is 2.87. The van der Waals surface area contributed by atoms with Gasteiger partial charge in [-0.2, -0.15) is 0 Å². The molecule has 0 fully saturated rings. The van der Waals surface area contributed by atoms with Gasteiger partial charge in [0.05, 0.1) is 18.8 Å². The topological polar surface area (TPSA) is 42.4 Å². The first-order chi connectivity index (χ1) is 7.87. The van der Waals surface area contributed by atoms with E-state index in [0.29, 0.717) is 13.1 Å². The van der Waals surface area contributed by atoms with Crippen molar-refractivity contribution in [3.05, 3.63) is 29.1 Å². The largest absolute Gasteiger partial charge is 0.444 e. The number of nitrogens with zero attached hydrogens (tertiary/aromatic N) is 2. The molecule has 1 amide bonds. The van der Waals surface area contributed by atoms with E-state index in [2.05, 4.69) is 4.98 Å². The molecule has 0 aromatic carbocycles. The van der Waals surface area contributed by atoms with Crippen LogP contribution in [0.2, 0.25) is 0 Å². The lowest BCUT2D eigenvalue weighted by Crippen LogP contribution is -2.33. The fourth-order valence-electron chi connectivity index (χ4n) is 1.88. The highest BCUT2D eigenvalue weighted by Gasteiger charge is 2.29. The van der Waals surface area contributed by atoms with Gasteiger partial charge in [0.1, 0.15) is 5.60 Å². The van der Waals surface area contributed by atoms with Crippen LogP contribution < -0.4 is 0 Å². The third-order valence-electron chi connectivity index (χ3n) is 2.72. The molecule has 2 heterocycles. The number of hydrogen-bond donors (Lipinski definition) is 0. The molecule has 4 nitrogen and oxygen atoms in total. The molecular formula is C13H18N2O2. The van der Waals surface area contributed by atoms with E-state index in [4.69, 9.17) is 4.74 Å². The first-order valence-corrected chi connectivity index (χ1v) is 5.78. The zero-order chi connectivity index (χ0) is 12.6. The number of carbonyl (C=O) groups is 1. The van der Waals surface area contributed by atoms with Crippen molar-refractivity contribution in [1.82, 2.24) is 9.88 Å². The van der Waals surface area contributed by atoms with Crippen molar-refractivity contribution >= 4 is 6.09 Å². The number of amides is 1. The molecule has 1 aromatic rings. The van der Waals surface area contributed by atoms with Crippen molar-refractivity contribution in [2.24, 2.45) is 0 Å². The summed E-state index contributed by atoms with van der Waals surface area (Å²) in [7, 11) is 0. The van der Waals surface area contributed by atoms with Gasteiger partial charge in [0.25, 0.3) is 0 Å². The second-order valence-electron chi connectivity index (χ2n) is 5.39. The van der Waals surface area contributed by atoms with Crippen molar-refractivity contribution in [3.63, 3.8) is 0 Å². The molecule has 2 rings (SSSR count). The maximum Gasteiger partial charge on any atom is 0.410 e. The second-order valence-corrected chi connectivity index (χ2v) is 5.39. The zero-order valence-electron chi connectivity index (χ0n) is 10.8. The van der Waals surface area contributed by atoms with E-state index in [0.717, 1.165) is 11.3 Å². The Hall–Kier alpha value is -1.58. The number of rotatable bonds is 0. The second kappa shape index (κ2) is 4.02. The Morgan fingerprint density at radius 2 is 2.12 bits per heavy atom. The number of ether oxygens (including phenoxy) is 1. The molecule has 4 heteroatoms. The maximum absolute atomic E-state index is 11.9. The first-order valence-electron chi connectivity index (χ1n) is 5.78. The minimum atomic E-state index is -0.450. The van der Waals surface area contributed by atoms with Gasteiger partial charge in [0, 0.05) is 6.20 Å². The summed E-state index contributed by atoms with van der Waals surface area (Å²) in [6.07, 6.45) is 1.52. The van der Waals surface area contributed by atoms with Gasteiger partial charge in [-0.3, -0.25) is 9.88 Å². The Kier molecular flexibility index (Phi) is 2.81. The van der Waals surface area contributed by atoms with Crippen LogP contribution in [-0.2, 0) is 17.8 Å². The predicted octanol–water partition coefficient (Wildman–Crippen LogP) is 2.64. The van der Waals surface area contributed by atoms with E-state index >= 15 is 0 Å². The fraction of sp³-hybridized carbons (Fsp3) is 0.538. The average Bonchev–Trinajstić information content (AvgIpc) is 2.60. The van der Waals surface area contributed by atoms with Crippen molar-refractivity contribution < 1.29 is 9.53 Å². The summed E-state index contributed by atoms with van der Waals surface area (Å²) in [5.74, 6) is 0. The van der Waals surface area contributed by atoms with E-state index < -0.39 is 5.60 Å². The molecule has 1 aliphatic rings. The molecule has 1 aromatic heterocycles. The molecule has 0 atom stereocenters. The quantitative estimate of drug-likeness (QED) is 0.693. The number of aryl methyl sites for hydroxylation is 1. The van der Waals surface area contributed by atoms with E-state index in [1.54, 1.807) is 11.1 Å². The van der Waals surface area contributed by atoms with Gasteiger partial charge < -0.3 is 4.74 Å². The van der Waals surface area contributed by atoms with E-state index in [9.17, 15) is 4.79 Å². The number of carbonyl (C=O) groups excluding carboxylic acids is 1. The molecule has 0 radical (unpaired) electrons. The Bertz CT molecular complexity index is 449. The van der Waals surface area contributed by atoms with Crippen molar-refractivity contribution in [2.45, 2.75) is 46.4 Å². The van der Waals surface area contributed by atoms with Crippen LogP contribution in [0.25, 0.3) is 0 Å². The molecule has 0 spiro atoms. The van der Waals surface area contributed by atoms with Crippen LogP contribution >= 0.6 is 0 Å². The highest BCUT2D eigenvalue weighted by Crippen LogP contribution is 2.25. The van der Waals surface area contributed by atoms with Crippen LogP contribution in [0.15, 0.2) is 12.3 Å². The normalized spacial score (nSPS) is 14.7. The molecule has 0 saturated heterocycles. The van der Waals surface area contributed by atoms with Gasteiger partial charge >= 0.3 is 6.09 Å². The number of aromatic nitrogens is 1. The number of pyridine rings is 1. The lowest BCUT2D eigenvalue weighted by atomic mass is 10.1. The van der Waals surface area contributed by atoms with E-state index in [-0.39, 0.29) is 6.09 Å². The summed E-state index contributed by atoms with van der Waals surface area (Å²) < 4.78 is 5.35. The Morgan fingerprint density at radius 1 is 1.41 bits per heavy atom. The Labute approximate surface area is 102 Å². The Morgan fingerprint density at radius 3 is 2.71 bits per heavy atom. The monoisotopic (exact) mass is 234 g/mol. The highest BCUT2D eigenvalue weighted by molar-refractivity contribution is 5.69. The fourth-order valence-corrected chi connectivity index (χ4v) is 1.88. The molecule has 17 heavy (non-hydrogen) atoms. The van der Waals surface area contributed by atoms with Crippen LogP contribution in [-0.4, -0.2) is 21.6 Å². The minimum absolute atomic E-state index is 0.269. The van der Waals surface area contributed by atoms with Crippen LogP contribution in [0.3, 0.4) is 0 Å². The molecular weight excluding hydrogens is 216 g/mol. The van der Waals surface area contributed by atoms with Crippen LogP contribution in [0.5, 0.6) is 0 Å². The van der Waals surface area contributed by atoms with Gasteiger partial charge in [-0.05, 0) is 44.9 Å². The highest BCUT2D eigenvalue weighted by atomic mass is 16.6. The number of hydrogen-bond acceptors (Lipinski definition) is 3. The van der Waals surface area contributed by atoms with Gasteiger partial charge in [-0.25, -0.2) is 4.79 Å². The Balaban J connectivity index is 2.10. The summed E-state index contributed by atoms with van der Waals surface area (Å²) in [5, 5.41) is 0. The lowest BCUT2D eigenvalue weighted by Gasteiger charge is -2.24. The molecule has 0 unspecified atom stereocenters. The molecule has 0 N–H and O–H groups in total. The van der Waals surface area contributed by atoms with Crippen molar-refractivity contribution in [1.29, 1.82) is 0 Å². The van der Waals surface area contributed by atoms with E-state index in [1.165, 1.54) is 5.56 Å². The third kappa shape index (κ3) is 2.57. The summed E-state index contributed by atoms with van der Waals surface area (Å²) >= 11 is 0. The van der Waals surface area contributed by atoms with Crippen molar-refractivity contribution in [3.8, 4) is 0 Å². The van der Waals surface area contributed by atoms with Gasteiger partial charge in [-0.15, -0.1) is 0 Å². The molecule has 0 bridgehead atoms. The summed E-state index contributed by atoms with van der Waals surface area (Å²) in [6, 6.07) is 1.97. The van der Waals surface area contributed by atoms with Gasteiger partial charge in [-0.1, -0.05) is 0 Å². The first kappa shape index (κ1) is 11.9. The molecule has 0 aliphatic carbocycles. The molecule has 92 valence electrons. The van der Waals surface area contributed by atoms with Gasteiger partial charge in [0.2, 0.25) is 0 Å².